The SMILES string of the molecule is COC1CC(=O)C[C@@H]2N(S(=O)(=O)c3ccc(C)cc3)c3ccccc3[C@@]12C1(C(=O)N[C@H](C)c2ccccc2)CC(=O)C=CO1. The number of anilines is 1. The maximum atomic E-state index is 14.8. The van der Waals surface area contributed by atoms with Gasteiger partial charge in [0.25, 0.3) is 15.9 Å². The predicted octanol–water partition coefficient (Wildman–Crippen LogP) is 4.31. The smallest absolute Gasteiger partial charge is 0.266 e. The molecule has 0 aromatic heterocycles. The fraction of sp³-hybridized carbons (Fsp3) is 0.324. The van der Waals surface area contributed by atoms with Crippen molar-refractivity contribution in [1.29, 1.82) is 0 Å². The van der Waals surface area contributed by atoms with Crippen LogP contribution in [-0.2, 0) is 39.3 Å². The van der Waals surface area contributed by atoms with Crippen molar-refractivity contribution < 1.29 is 32.3 Å². The number of allylic oxidation sites excluding steroid dienone is 1. The molecule has 1 saturated carbocycles. The Balaban J connectivity index is 1.61. The van der Waals surface area contributed by atoms with Gasteiger partial charge in [0.2, 0.25) is 5.60 Å². The minimum absolute atomic E-state index is 0.0393. The number of carbonyl (C=O) groups is 3. The van der Waals surface area contributed by atoms with Crippen molar-refractivity contribution in [3.05, 3.63) is 108 Å². The number of nitrogens with one attached hydrogen (secondary N) is 1. The molecule has 0 radical (unpaired) electrons. The summed E-state index contributed by atoms with van der Waals surface area (Å²) in [7, 11) is -2.84. The van der Waals surface area contributed by atoms with E-state index >= 15 is 0 Å². The number of nitrogens with zero attached hydrogens (tertiary/aromatic N) is 1. The van der Waals surface area contributed by atoms with E-state index in [0.717, 1.165) is 11.1 Å². The summed E-state index contributed by atoms with van der Waals surface area (Å²) in [5, 5.41) is 3.05. The second kappa shape index (κ2) is 11.0. The zero-order chi connectivity index (χ0) is 31.3. The van der Waals surface area contributed by atoms with Gasteiger partial charge in [-0.05, 0) is 43.2 Å². The summed E-state index contributed by atoms with van der Waals surface area (Å²) in [5.74, 6) is -1.19. The Bertz CT molecular complexity index is 1760. The summed E-state index contributed by atoms with van der Waals surface area (Å²) in [6, 6.07) is 21.1. The number of sulfonamides is 1. The van der Waals surface area contributed by atoms with Gasteiger partial charge in [0, 0.05) is 26.0 Å². The van der Waals surface area contributed by atoms with E-state index in [0.29, 0.717) is 11.3 Å². The first-order valence-corrected chi connectivity index (χ1v) is 16.0. The minimum atomic E-state index is -4.27. The molecule has 0 bridgehead atoms. The molecule has 2 unspecified atom stereocenters. The number of aryl methyl sites for hydroxylation is 1. The lowest BCUT2D eigenvalue weighted by atomic mass is 9.54. The normalized spacial score (nSPS) is 26.8. The fourth-order valence-corrected chi connectivity index (χ4v) is 8.96. The van der Waals surface area contributed by atoms with Crippen LogP contribution in [0, 0.1) is 6.92 Å². The highest BCUT2D eigenvalue weighted by Crippen LogP contribution is 2.61. The number of hydrogen-bond donors (Lipinski definition) is 1. The van der Waals surface area contributed by atoms with Crippen molar-refractivity contribution in [3.8, 4) is 0 Å². The molecule has 5 atom stereocenters. The number of amides is 1. The summed E-state index contributed by atoms with van der Waals surface area (Å²) in [6.07, 6.45) is 0.788. The number of ketones is 2. The van der Waals surface area contributed by atoms with Crippen molar-refractivity contribution >= 4 is 33.2 Å². The van der Waals surface area contributed by atoms with Gasteiger partial charge in [-0.15, -0.1) is 0 Å². The van der Waals surface area contributed by atoms with Crippen LogP contribution in [0.25, 0.3) is 0 Å². The van der Waals surface area contributed by atoms with Crippen LogP contribution < -0.4 is 9.62 Å². The number of fused-ring (bicyclic) bond motifs is 3. The highest BCUT2D eigenvalue weighted by molar-refractivity contribution is 7.93. The average Bonchev–Trinajstić information content (AvgIpc) is 3.33. The Morgan fingerprint density at radius 1 is 1.00 bits per heavy atom. The molecular formula is C34H34N2O7S. The first kappa shape index (κ1) is 29.8. The Labute approximate surface area is 256 Å². The third kappa shape index (κ3) is 4.38. The van der Waals surface area contributed by atoms with Crippen LogP contribution in [0.1, 0.15) is 48.9 Å². The molecule has 9 nitrogen and oxygen atoms in total. The van der Waals surface area contributed by atoms with Crippen LogP contribution in [0.15, 0.2) is 96.1 Å². The van der Waals surface area contributed by atoms with Gasteiger partial charge in [-0.1, -0.05) is 66.2 Å². The first-order valence-electron chi connectivity index (χ1n) is 14.5. The van der Waals surface area contributed by atoms with Crippen molar-refractivity contribution in [2.45, 2.75) is 67.2 Å². The summed E-state index contributed by atoms with van der Waals surface area (Å²) in [4.78, 5) is 41.5. The molecule has 1 fully saturated rings. The van der Waals surface area contributed by atoms with Gasteiger partial charge in [0.1, 0.15) is 5.78 Å². The van der Waals surface area contributed by atoms with Crippen LogP contribution >= 0.6 is 0 Å². The van der Waals surface area contributed by atoms with E-state index in [1.54, 1.807) is 36.4 Å². The average molecular weight is 615 g/mol. The zero-order valence-electron chi connectivity index (χ0n) is 24.7. The number of rotatable bonds is 7. The summed E-state index contributed by atoms with van der Waals surface area (Å²) >= 11 is 0. The minimum Gasteiger partial charge on any atom is -0.483 e. The summed E-state index contributed by atoms with van der Waals surface area (Å²) < 4.78 is 42.7. The zero-order valence-corrected chi connectivity index (χ0v) is 25.5. The maximum absolute atomic E-state index is 14.8. The highest BCUT2D eigenvalue weighted by Gasteiger charge is 2.74. The molecule has 3 aliphatic rings. The molecule has 228 valence electrons. The molecule has 1 N–H and O–H groups in total. The van der Waals surface area contributed by atoms with Gasteiger partial charge in [-0.2, -0.15) is 0 Å². The lowest BCUT2D eigenvalue weighted by Gasteiger charge is -2.55. The van der Waals surface area contributed by atoms with Gasteiger partial charge in [0.05, 0.1) is 46.9 Å². The van der Waals surface area contributed by atoms with Crippen LogP contribution in [-0.4, -0.2) is 50.7 Å². The quantitative estimate of drug-likeness (QED) is 0.421. The third-order valence-corrected chi connectivity index (χ3v) is 11.1. The summed E-state index contributed by atoms with van der Waals surface area (Å²) in [5.41, 5.74) is -1.04. The van der Waals surface area contributed by atoms with E-state index in [2.05, 4.69) is 5.32 Å². The van der Waals surface area contributed by atoms with Crippen LogP contribution in [0.2, 0.25) is 0 Å². The van der Waals surface area contributed by atoms with Crippen molar-refractivity contribution in [2.75, 3.05) is 11.4 Å². The molecule has 3 aromatic carbocycles. The number of carbonyl (C=O) groups excluding carboxylic acids is 3. The van der Waals surface area contributed by atoms with Gasteiger partial charge in [-0.25, -0.2) is 8.42 Å². The van der Waals surface area contributed by atoms with E-state index in [9.17, 15) is 22.8 Å². The van der Waals surface area contributed by atoms with Crippen LogP contribution in [0.5, 0.6) is 0 Å². The maximum Gasteiger partial charge on any atom is 0.266 e. The molecule has 0 saturated heterocycles. The molecule has 10 heteroatoms. The second-order valence-electron chi connectivity index (χ2n) is 11.7. The Morgan fingerprint density at radius 3 is 2.36 bits per heavy atom. The van der Waals surface area contributed by atoms with E-state index in [4.69, 9.17) is 9.47 Å². The molecule has 1 amide bonds. The van der Waals surface area contributed by atoms with Gasteiger partial charge in [0.15, 0.2) is 5.78 Å². The van der Waals surface area contributed by atoms with E-state index in [1.165, 1.54) is 35.9 Å². The molecule has 6 rings (SSSR count). The van der Waals surface area contributed by atoms with Crippen molar-refractivity contribution in [2.24, 2.45) is 0 Å². The highest BCUT2D eigenvalue weighted by atomic mass is 32.2. The lowest BCUT2D eigenvalue weighted by molar-refractivity contribution is -0.175. The number of benzene rings is 3. The standard InChI is InChI=1S/C34H34N2O7S/c1-22-13-15-27(16-14-22)44(40,41)36-29-12-8-7-11-28(29)34(30(36)19-26(38)20-31(34)42-3)33(21-25(37)17-18-43-33)32(39)35-23(2)24-9-5-4-6-10-24/h4-18,23,30-31H,19-21H2,1-3H3,(H,35,39)/t23-,30+,31?,33?,34+/m1/s1. The van der Waals surface area contributed by atoms with Gasteiger partial charge < -0.3 is 14.8 Å². The molecule has 0 spiro atoms. The number of ether oxygens (including phenoxy) is 2. The largest absolute Gasteiger partial charge is 0.483 e. The molecule has 44 heavy (non-hydrogen) atoms. The number of methoxy groups -OCH3 is 1. The molecular weight excluding hydrogens is 580 g/mol. The number of hydrogen-bond acceptors (Lipinski definition) is 7. The molecule has 2 heterocycles. The van der Waals surface area contributed by atoms with E-state index in [1.807, 2.05) is 44.2 Å². The van der Waals surface area contributed by atoms with E-state index in [-0.39, 0.29) is 35.7 Å². The topological polar surface area (TPSA) is 119 Å². The van der Waals surface area contributed by atoms with Crippen molar-refractivity contribution in [3.63, 3.8) is 0 Å². The molecule has 3 aromatic rings. The molecule has 1 aliphatic carbocycles. The first-order chi connectivity index (χ1) is 21.1. The Morgan fingerprint density at radius 2 is 1.68 bits per heavy atom. The van der Waals surface area contributed by atoms with Crippen LogP contribution in [0.3, 0.4) is 0 Å². The summed E-state index contributed by atoms with van der Waals surface area (Å²) in [6.45, 7) is 3.69. The monoisotopic (exact) mass is 614 g/mol. The number of Topliss-reactive ketones (excluding diaryl/α,β-unsaturated/α-hetero) is 1. The Hall–Kier alpha value is -4.28. The fourth-order valence-electron chi connectivity index (χ4n) is 7.26. The van der Waals surface area contributed by atoms with E-state index < -0.39 is 45.1 Å². The van der Waals surface area contributed by atoms with Gasteiger partial charge >= 0.3 is 0 Å². The van der Waals surface area contributed by atoms with Crippen molar-refractivity contribution in [1.82, 2.24) is 5.32 Å². The lowest BCUT2D eigenvalue weighted by Crippen LogP contribution is -2.74. The van der Waals surface area contributed by atoms with Gasteiger partial charge in [-0.3, -0.25) is 18.7 Å². The van der Waals surface area contributed by atoms with Crippen LogP contribution in [0.4, 0.5) is 5.69 Å². The third-order valence-electron chi connectivity index (χ3n) is 9.23. The second-order valence-corrected chi connectivity index (χ2v) is 13.5. The molecule has 2 aliphatic heterocycles. The Kier molecular flexibility index (Phi) is 7.45. The number of para-hydroxylation sites is 1. The predicted molar refractivity (Wildman–Crippen MR) is 163 cm³/mol.